The van der Waals surface area contributed by atoms with E-state index in [0.29, 0.717) is 37.7 Å². The third-order valence-electron chi connectivity index (χ3n) is 22.2. The number of nitrogens with one attached hydrogen (secondary N) is 3. The number of likely N-dealkylation sites (tertiary alicyclic amines) is 1. The molecule has 1 aromatic rings. The summed E-state index contributed by atoms with van der Waals surface area (Å²) >= 11 is 6.16. The largest absolute Gasteiger partial charge is 0.417 e. The Labute approximate surface area is 594 Å². The van der Waals surface area contributed by atoms with Crippen molar-refractivity contribution in [1.29, 1.82) is 0 Å². The first kappa shape index (κ1) is 80.7. The number of likely N-dealkylation sites (N-methyl/N-ethyl adjacent to an activating group) is 6. The molecule has 3 N–H and O–H groups in total. The van der Waals surface area contributed by atoms with Gasteiger partial charge >= 0.3 is 6.18 Å². The summed E-state index contributed by atoms with van der Waals surface area (Å²) in [6.45, 7) is 12.0. The normalized spacial score (nSPS) is 28.0. The molecule has 10 atom stereocenters. The standard InChI is InChI=1S/C72H112ClF3N12O12/c1-13-24-54-62(91)78-60(46(5)14-2)68(97)81(8)47(6)64(93)88-38-32-56(88)67(96)84(11)57(40-48-25-17-15-18-26-48)66(95)80(7)42-58(89)77-53(31-29-49-28-30-51(52(73)39-49)72(74,75)76)65(94)87-37-23-27-55(87)63(92)79-71(33-19-20-34-71)70(99)85(12)61(45(3)4)69(98)82(9)50(41-59(90)83(54)10)43-100-44-86-35-21-16-22-36-86/h28,30,39,45-48,50,53-57,60-61H,13-27,29,31-38,40-44H2,1-12H3,(H,77,89)(H,78,91)(H,79,92)/t46-,47-,50-,53-,54-,55-,56-,57-,60-,61-/m0/s1. The molecule has 1 spiro atoms. The number of alkyl halides is 3. The highest BCUT2D eigenvalue weighted by molar-refractivity contribution is 6.31. The Morgan fingerprint density at radius 3 is 1.89 bits per heavy atom. The highest BCUT2D eigenvalue weighted by Crippen LogP contribution is 2.37. The molecule has 11 amide bonds. The Morgan fingerprint density at radius 1 is 0.640 bits per heavy atom. The van der Waals surface area contributed by atoms with Crippen molar-refractivity contribution in [3.05, 3.63) is 34.3 Å². The van der Waals surface area contributed by atoms with Crippen molar-refractivity contribution in [3.8, 4) is 0 Å². The fourth-order valence-electron chi connectivity index (χ4n) is 15.5. The predicted octanol–water partition coefficient (Wildman–Crippen LogP) is 6.23. The van der Waals surface area contributed by atoms with Crippen LogP contribution in [0.2, 0.25) is 5.02 Å². The second-order valence-electron chi connectivity index (χ2n) is 29.6. The van der Waals surface area contributed by atoms with Crippen molar-refractivity contribution in [1.82, 2.24) is 60.0 Å². The molecule has 0 unspecified atom stereocenters. The number of amides is 11. The van der Waals surface area contributed by atoms with Gasteiger partial charge < -0.3 is 59.9 Å². The van der Waals surface area contributed by atoms with E-state index in [1.54, 1.807) is 34.7 Å². The number of ether oxygens (including phenoxy) is 1. The molecule has 560 valence electrons. The molecular formula is C72H112ClF3N12O12. The molecule has 7 rings (SSSR count). The summed E-state index contributed by atoms with van der Waals surface area (Å²) in [5, 5.41) is 8.23. The van der Waals surface area contributed by atoms with Crippen molar-refractivity contribution >= 4 is 76.6 Å². The monoisotopic (exact) mass is 1430 g/mol. The van der Waals surface area contributed by atoms with Gasteiger partial charge in [0.2, 0.25) is 65.0 Å². The average Bonchev–Trinajstić information content (AvgIpc) is 1.20. The lowest BCUT2D eigenvalue weighted by Gasteiger charge is -2.45. The Kier molecular flexibility index (Phi) is 29.1. The minimum Gasteiger partial charge on any atom is -0.364 e. The van der Waals surface area contributed by atoms with Gasteiger partial charge in [-0.25, -0.2) is 0 Å². The van der Waals surface area contributed by atoms with Crippen molar-refractivity contribution in [3.63, 3.8) is 0 Å². The van der Waals surface area contributed by atoms with E-state index < -0.39 is 160 Å². The van der Waals surface area contributed by atoms with E-state index in [1.807, 2.05) is 13.8 Å². The smallest absolute Gasteiger partial charge is 0.364 e. The number of hydrogen-bond donors (Lipinski definition) is 3. The molecule has 0 aromatic heterocycles. The zero-order valence-corrected chi connectivity index (χ0v) is 61.9. The fourth-order valence-corrected chi connectivity index (χ4v) is 15.8. The summed E-state index contributed by atoms with van der Waals surface area (Å²) in [5.41, 5.74) is -2.28. The maximum Gasteiger partial charge on any atom is 0.417 e. The number of fused-ring (bicyclic) bond motifs is 2. The van der Waals surface area contributed by atoms with Crippen LogP contribution in [-0.4, -0.2) is 257 Å². The number of halogens is 4. The first-order chi connectivity index (χ1) is 47.3. The number of carbonyl (C=O) groups excluding carboxylic acids is 11. The maximum atomic E-state index is 15.4. The summed E-state index contributed by atoms with van der Waals surface area (Å²) in [7, 11) is 8.90. The summed E-state index contributed by atoms with van der Waals surface area (Å²) in [6, 6.07) is -6.94. The molecule has 4 saturated heterocycles. The van der Waals surface area contributed by atoms with Crippen molar-refractivity contribution < 1.29 is 70.6 Å². The lowest BCUT2D eigenvalue weighted by atomic mass is 9.84. The molecule has 0 radical (unpaired) electrons. The lowest BCUT2D eigenvalue weighted by Crippen LogP contribution is -2.65. The summed E-state index contributed by atoms with van der Waals surface area (Å²) < 4.78 is 48.0. The molecule has 2 saturated carbocycles. The van der Waals surface area contributed by atoms with Gasteiger partial charge in [-0.3, -0.25) is 57.6 Å². The van der Waals surface area contributed by atoms with Crippen molar-refractivity contribution in [2.75, 3.05) is 88.3 Å². The van der Waals surface area contributed by atoms with Gasteiger partial charge in [0.15, 0.2) is 0 Å². The molecular weight excluding hydrogens is 1320 g/mol. The maximum absolute atomic E-state index is 15.4. The van der Waals surface area contributed by atoms with Crippen LogP contribution in [0.4, 0.5) is 13.2 Å². The van der Waals surface area contributed by atoms with E-state index in [1.165, 1.54) is 75.6 Å². The van der Waals surface area contributed by atoms with Gasteiger partial charge in [0, 0.05) is 74.9 Å². The quantitative estimate of drug-likeness (QED) is 0.187. The van der Waals surface area contributed by atoms with Crippen LogP contribution < -0.4 is 16.0 Å². The Bertz CT molecular complexity index is 3070. The first-order valence-electron chi connectivity index (χ1n) is 36.5. The minimum atomic E-state index is -4.75. The Balaban J connectivity index is 1.26. The topological polar surface area (TPSA) is 262 Å². The first-order valence-corrected chi connectivity index (χ1v) is 36.9. The second-order valence-corrected chi connectivity index (χ2v) is 30.0. The number of benzene rings is 1. The van der Waals surface area contributed by atoms with Crippen LogP contribution in [-0.2, 0) is 70.1 Å². The van der Waals surface area contributed by atoms with Crippen LogP contribution in [0.1, 0.15) is 188 Å². The lowest BCUT2D eigenvalue weighted by molar-refractivity contribution is -0.160. The average molecular weight is 1430 g/mol. The highest BCUT2D eigenvalue weighted by atomic mass is 35.5. The van der Waals surface area contributed by atoms with Gasteiger partial charge in [0.25, 0.3) is 0 Å². The van der Waals surface area contributed by atoms with E-state index in [4.69, 9.17) is 16.3 Å². The molecule has 100 heavy (non-hydrogen) atoms. The van der Waals surface area contributed by atoms with Crippen molar-refractivity contribution in [2.45, 2.75) is 249 Å². The number of hydrogen-bond acceptors (Lipinski definition) is 13. The zero-order chi connectivity index (χ0) is 73.7. The summed E-state index contributed by atoms with van der Waals surface area (Å²) in [5.74, 6) is -7.50. The van der Waals surface area contributed by atoms with Gasteiger partial charge in [0.05, 0.1) is 36.5 Å². The molecule has 28 heteroatoms. The van der Waals surface area contributed by atoms with Crippen LogP contribution in [0.3, 0.4) is 0 Å². The number of nitrogens with zero attached hydrogens (tertiary/aromatic N) is 9. The molecule has 4 aliphatic heterocycles. The highest BCUT2D eigenvalue weighted by Gasteiger charge is 2.51. The van der Waals surface area contributed by atoms with Gasteiger partial charge in [-0.15, -0.1) is 0 Å². The molecule has 6 fully saturated rings. The number of aryl methyl sites for hydroxylation is 1. The molecule has 6 aliphatic rings. The predicted molar refractivity (Wildman–Crippen MR) is 370 cm³/mol. The van der Waals surface area contributed by atoms with Gasteiger partial charge in [0.1, 0.15) is 53.9 Å². The molecule has 4 heterocycles. The summed E-state index contributed by atoms with van der Waals surface area (Å²) in [4.78, 5) is 177. The molecule has 0 bridgehead atoms. The Morgan fingerprint density at radius 2 is 1.29 bits per heavy atom. The van der Waals surface area contributed by atoms with E-state index in [9.17, 15) is 46.7 Å². The SMILES string of the molecule is CCC[C@H]1C(=O)N[C@@H]([C@@H](C)CC)C(=O)N(C)[C@@H](C)C(=O)N2CC[C@H]2C(=O)N(C)[C@@H](CC2CCCCC2)C(=O)N(C)CC(=O)N[C@@H](CCc2ccc(C(F)(F)F)c(Cl)c2)C(=O)N2CCC[C@H]2C(=O)NC2(CCCC2)C(=O)N(C)[C@@H](C(C)C)C(=O)N(C)[C@H](COCN2CCCCC2)CC(=O)N1C. The van der Waals surface area contributed by atoms with Gasteiger partial charge in [-0.2, -0.15) is 13.2 Å². The zero-order valence-electron chi connectivity index (χ0n) is 61.1. The van der Waals surface area contributed by atoms with E-state index in [0.717, 1.165) is 81.5 Å². The molecule has 2 aliphatic carbocycles. The van der Waals surface area contributed by atoms with Crippen molar-refractivity contribution in [2.24, 2.45) is 17.8 Å². The third kappa shape index (κ3) is 19.6. The van der Waals surface area contributed by atoms with Gasteiger partial charge in [-0.05, 0) is 113 Å². The Hall–Kier alpha value is -6.61. The van der Waals surface area contributed by atoms with E-state index in [2.05, 4.69) is 20.9 Å². The van der Waals surface area contributed by atoms with Crippen LogP contribution in [0, 0.1) is 17.8 Å². The second kappa shape index (κ2) is 36.0. The van der Waals surface area contributed by atoms with Crippen LogP contribution in [0.5, 0.6) is 0 Å². The van der Waals surface area contributed by atoms with Crippen LogP contribution in [0.25, 0.3) is 0 Å². The van der Waals surface area contributed by atoms with Gasteiger partial charge in [-0.1, -0.05) is 116 Å². The van der Waals surface area contributed by atoms with Crippen LogP contribution >= 0.6 is 11.6 Å². The van der Waals surface area contributed by atoms with E-state index >= 15 is 19.2 Å². The number of rotatable bonds is 14. The van der Waals surface area contributed by atoms with E-state index in [-0.39, 0.29) is 90.1 Å². The third-order valence-corrected chi connectivity index (χ3v) is 22.5. The number of piperidine rings is 1. The fraction of sp³-hybridized carbons (Fsp3) is 0.764. The molecule has 24 nitrogen and oxygen atoms in total. The molecule has 1 aromatic carbocycles. The van der Waals surface area contributed by atoms with Crippen LogP contribution in [0.15, 0.2) is 18.2 Å². The summed E-state index contributed by atoms with van der Waals surface area (Å²) in [6.07, 6.45) is 5.71. The number of carbonyl (C=O) groups is 11. The minimum absolute atomic E-state index is 0.0329.